The monoisotopic (exact) mass is 333 g/mol. The van der Waals surface area contributed by atoms with E-state index < -0.39 is 18.4 Å². The highest BCUT2D eigenvalue weighted by Gasteiger charge is 2.30. The minimum atomic E-state index is -2.91. The van der Waals surface area contributed by atoms with E-state index in [1.165, 1.54) is 0 Å². The van der Waals surface area contributed by atoms with Crippen molar-refractivity contribution in [3.05, 3.63) is 35.4 Å². The smallest absolute Gasteiger partial charge is 0.260 e. The van der Waals surface area contributed by atoms with Gasteiger partial charge in [0.05, 0.1) is 11.9 Å². The highest BCUT2D eigenvalue weighted by atomic mass is 79.9. The van der Waals surface area contributed by atoms with Crippen LogP contribution in [0, 0.1) is 6.92 Å². The average Bonchev–Trinajstić information content (AvgIpc) is 2.38. The summed E-state index contributed by atoms with van der Waals surface area (Å²) < 4.78 is 26.5. The Kier molecular flexibility index (Phi) is 6.07. The topological polar surface area (TPSA) is 43.1 Å². The van der Waals surface area contributed by atoms with Gasteiger partial charge in [-0.3, -0.25) is 4.79 Å². The molecule has 0 saturated heterocycles. The number of Topliss-reactive ketones (excluding diaryl/α,β-unsaturated/α-hetero) is 1. The minimum Gasteiger partial charge on any atom is -0.325 e. The van der Waals surface area contributed by atoms with Crippen LogP contribution in [0.5, 0.6) is 0 Å². The van der Waals surface area contributed by atoms with Crippen LogP contribution in [0.3, 0.4) is 0 Å². The molecule has 0 spiro atoms. The third-order valence-corrected chi connectivity index (χ3v) is 3.61. The summed E-state index contributed by atoms with van der Waals surface area (Å²) in [5, 5.41) is 0.166. The van der Waals surface area contributed by atoms with Crippen molar-refractivity contribution in [1.82, 2.24) is 0 Å². The number of hydrogen-bond acceptors (Lipinski definition) is 2. The van der Waals surface area contributed by atoms with E-state index in [9.17, 15) is 13.6 Å². The Morgan fingerprint density at radius 2 is 2.16 bits per heavy atom. The Morgan fingerprint density at radius 1 is 1.47 bits per heavy atom. The maximum atomic E-state index is 13.2. The van der Waals surface area contributed by atoms with Crippen LogP contribution in [-0.2, 0) is 4.79 Å². The number of halogens is 3. The summed E-state index contributed by atoms with van der Waals surface area (Å²) in [6.07, 6.45) is -0.265. The van der Waals surface area contributed by atoms with Crippen LogP contribution in [-0.4, -0.2) is 23.6 Å². The van der Waals surface area contributed by atoms with Crippen LogP contribution in [0.4, 0.5) is 8.78 Å². The Balaban J connectivity index is 2.87. The van der Waals surface area contributed by atoms with E-state index in [0.717, 1.165) is 11.1 Å². The number of rotatable bonds is 7. The van der Waals surface area contributed by atoms with Crippen molar-refractivity contribution >= 4 is 21.7 Å². The highest BCUT2D eigenvalue weighted by Crippen LogP contribution is 2.29. The van der Waals surface area contributed by atoms with Crippen LogP contribution >= 0.6 is 15.9 Å². The molecule has 0 aromatic heterocycles. The van der Waals surface area contributed by atoms with Crippen LogP contribution < -0.4 is 5.73 Å². The predicted octanol–water partition coefficient (Wildman–Crippen LogP) is 3.42. The van der Waals surface area contributed by atoms with Gasteiger partial charge in [0.1, 0.15) is 0 Å². The molecule has 19 heavy (non-hydrogen) atoms. The molecule has 2 N–H and O–H groups in total. The second kappa shape index (κ2) is 7.10. The van der Waals surface area contributed by atoms with Crippen molar-refractivity contribution in [2.24, 2.45) is 5.73 Å². The van der Waals surface area contributed by atoms with Gasteiger partial charge < -0.3 is 5.73 Å². The van der Waals surface area contributed by atoms with Gasteiger partial charge in [0, 0.05) is 12.3 Å². The molecule has 0 aliphatic carbocycles. The molecule has 1 atom stereocenters. The lowest BCUT2D eigenvalue weighted by atomic mass is 9.89. The zero-order chi connectivity index (χ0) is 14.5. The quantitative estimate of drug-likeness (QED) is 0.777. The van der Waals surface area contributed by atoms with E-state index in [2.05, 4.69) is 15.9 Å². The molecule has 0 aliphatic rings. The summed E-state index contributed by atoms with van der Waals surface area (Å²) in [7, 11) is 0. The number of hydrogen-bond donors (Lipinski definition) is 1. The molecule has 0 radical (unpaired) electrons. The second-order valence-corrected chi connectivity index (χ2v) is 5.23. The Morgan fingerprint density at radius 3 is 2.68 bits per heavy atom. The molecular weight excluding hydrogens is 316 g/mol. The molecule has 0 amide bonds. The molecule has 5 heteroatoms. The van der Waals surface area contributed by atoms with E-state index in [4.69, 9.17) is 5.73 Å². The van der Waals surface area contributed by atoms with Crippen LogP contribution in [0.1, 0.15) is 29.9 Å². The van der Waals surface area contributed by atoms with Gasteiger partial charge >= 0.3 is 0 Å². The molecule has 1 aromatic carbocycles. The molecule has 0 heterocycles. The maximum absolute atomic E-state index is 13.2. The summed E-state index contributed by atoms with van der Waals surface area (Å²) in [5.74, 6) is -3.50. The van der Waals surface area contributed by atoms with Crippen LogP contribution in [0.2, 0.25) is 0 Å². The summed E-state index contributed by atoms with van der Waals surface area (Å²) >= 11 is 3.11. The van der Waals surface area contributed by atoms with E-state index in [0.29, 0.717) is 0 Å². The first kappa shape index (κ1) is 16.2. The van der Waals surface area contributed by atoms with Gasteiger partial charge in [0.2, 0.25) is 0 Å². The van der Waals surface area contributed by atoms with Gasteiger partial charge in [-0.15, -0.1) is 0 Å². The zero-order valence-corrected chi connectivity index (χ0v) is 12.4. The third kappa shape index (κ3) is 4.99. The van der Waals surface area contributed by atoms with Gasteiger partial charge in [0.25, 0.3) is 5.92 Å². The minimum absolute atomic E-state index is 0.0848. The molecule has 0 aliphatic heterocycles. The van der Waals surface area contributed by atoms with Crippen LogP contribution in [0.15, 0.2) is 24.3 Å². The average molecular weight is 334 g/mol. The molecule has 106 valence electrons. The largest absolute Gasteiger partial charge is 0.325 e. The van der Waals surface area contributed by atoms with Crippen molar-refractivity contribution in [1.29, 1.82) is 0 Å². The summed E-state index contributed by atoms with van der Waals surface area (Å²) in [4.78, 5) is 11.9. The number of ketones is 1. The van der Waals surface area contributed by atoms with E-state index in [-0.39, 0.29) is 24.0 Å². The van der Waals surface area contributed by atoms with Gasteiger partial charge in [0.15, 0.2) is 5.78 Å². The molecule has 1 aromatic rings. The first-order valence-corrected chi connectivity index (χ1v) is 7.25. The standard InChI is InChI=1S/C14H18BrF2NO/c1-10-3-2-4-11(7-10)12(13(19)8-15)5-6-14(16,17)9-18/h2-4,7,12H,5-6,8-9,18H2,1H3. The first-order valence-electron chi connectivity index (χ1n) is 6.13. The lowest BCUT2D eigenvalue weighted by Gasteiger charge is -2.19. The zero-order valence-electron chi connectivity index (χ0n) is 10.8. The predicted molar refractivity (Wildman–Crippen MR) is 76.0 cm³/mol. The van der Waals surface area contributed by atoms with Crippen molar-refractivity contribution in [2.75, 3.05) is 11.9 Å². The second-order valence-electron chi connectivity index (χ2n) is 4.67. The molecular formula is C14H18BrF2NO. The summed E-state index contributed by atoms with van der Waals surface area (Å²) in [6, 6.07) is 7.42. The van der Waals surface area contributed by atoms with Crippen molar-refractivity contribution in [2.45, 2.75) is 31.6 Å². The Labute approximate surface area is 120 Å². The highest BCUT2D eigenvalue weighted by molar-refractivity contribution is 9.09. The van der Waals surface area contributed by atoms with E-state index in [1.54, 1.807) is 6.07 Å². The van der Waals surface area contributed by atoms with Gasteiger partial charge in [-0.05, 0) is 18.9 Å². The lowest BCUT2D eigenvalue weighted by Crippen LogP contribution is -2.29. The lowest BCUT2D eigenvalue weighted by molar-refractivity contribution is -0.118. The number of nitrogens with two attached hydrogens (primary N) is 1. The van der Waals surface area contributed by atoms with Gasteiger partial charge in [-0.2, -0.15) is 0 Å². The number of carbonyl (C=O) groups excluding carboxylic acids is 1. The number of alkyl halides is 3. The van der Waals surface area contributed by atoms with Crippen molar-refractivity contribution < 1.29 is 13.6 Å². The van der Waals surface area contributed by atoms with E-state index in [1.807, 2.05) is 25.1 Å². The van der Waals surface area contributed by atoms with Gasteiger partial charge in [-0.1, -0.05) is 45.8 Å². The molecule has 0 fully saturated rings. The molecule has 1 unspecified atom stereocenters. The van der Waals surface area contributed by atoms with Crippen molar-refractivity contribution in [3.63, 3.8) is 0 Å². The Hall–Kier alpha value is -0.810. The molecule has 0 saturated carbocycles. The fraction of sp³-hybridized carbons (Fsp3) is 0.500. The fourth-order valence-electron chi connectivity index (χ4n) is 1.95. The molecule has 0 bridgehead atoms. The summed E-state index contributed by atoms with van der Waals surface area (Å²) in [6.45, 7) is 1.23. The van der Waals surface area contributed by atoms with Crippen molar-refractivity contribution in [3.8, 4) is 0 Å². The Bertz CT molecular complexity index is 437. The number of aryl methyl sites for hydroxylation is 1. The van der Waals surface area contributed by atoms with E-state index >= 15 is 0 Å². The van der Waals surface area contributed by atoms with Gasteiger partial charge in [-0.25, -0.2) is 8.78 Å². The number of benzene rings is 1. The molecule has 1 rings (SSSR count). The van der Waals surface area contributed by atoms with Crippen LogP contribution in [0.25, 0.3) is 0 Å². The molecule has 2 nitrogen and oxygen atoms in total. The maximum Gasteiger partial charge on any atom is 0.260 e. The SMILES string of the molecule is Cc1cccc(C(CCC(F)(F)CN)C(=O)CBr)c1. The first-order chi connectivity index (χ1) is 8.89. The number of carbonyl (C=O) groups is 1. The fourth-order valence-corrected chi connectivity index (χ4v) is 2.34. The normalized spacial score (nSPS) is 13.3. The summed E-state index contributed by atoms with van der Waals surface area (Å²) in [5.41, 5.74) is 6.82. The third-order valence-electron chi connectivity index (χ3n) is 3.06.